The first kappa shape index (κ1) is 11.3. The van der Waals surface area contributed by atoms with E-state index < -0.39 is 0 Å². The standard InChI is InChI=1S/C13H17NO2/c1-10-8-16-9-12(14-10)7-13(15)11-5-3-2-4-6-11/h2-6,10,12,14H,7-9H2,1H3. The highest BCUT2D eigenvalue weighted by Gasteiger charge is 2.21. The van der Waals surface area contributed by atoms with Crippen molar-refractivity contribution in [3.05, 3.63) is 35.9 Å². The lowest BCUT2D eigenvalue weighted by Gasteiger charge is -2.28. The van der Waals surface area contributed by atoms with Crippen molar-refractivity contribution in [2.75, 3.05) is 13.2 Å². The Morgan fingerprint density at radius 3 is 2.81 bits per heavy atom. The maximum absolute atomic E-state index is 11.9. The van der Waals surface area contributed by atoms with Gasteiger partial charge in [0.1, 0.15) is 0 Å². The summed E-state index contributed by atoms with van der Waals surface area (Å²) < 4.78 is 5.42. The zero-order valence-electron chi connectivity index (χ0n) is 9.48. The zero-order chi connectivity index (χ0) is 11.4. The predicted molar refractivity (Wildman–Crippen MR) is 62.6 cm³/mol. The quantitative estimate of drug-likeness (QED) is 0.785. The Morgan fingerprint density at radius 1 is 1.38 bits per heavy atom. The number of benzene rings is 1. The van der Waals surface area contributed by atoms with Gasteiger partial charge in [-0.3, -0.25) is 4.79 Å². The molecule has 3 heteroatoms. The summed E-state index contributed by atoms with van der Waals surface area (Å²) in [5.41, 5.74) is 0.780. The first-order valence-corrected chi connectivity index (χ1v) is 5.68. The molecule has 0 aromatic heterocycles. The third-order valence-electron chi connectivity index (χ3n) is 2.73. The molecule has 0 saturated carbocycles. The van der Waals surface area contributed by atoms with E-state index >= 15 is 0 Å². The summed E-state index contributed by atoms with van der Waals surface area (Å²) >= 11 is 0. The number of morpholine rings is 1. The van der Waals surface area contributed by atoms with Crippen molar-refractivity contribution in [3.8, 4) is 0 Å². The summed E-state index contributed by atoms with van der Waals surface area (Å²) in [6.45, 7) is 3.43. The van der Waals surface area contributed by atoms with Crippen LogP contribution >= 0.6 is 0 Å². The molecule has 1 heterocycles. The van der Waals surface area contributed by atoms with Gasteiger partial charge in [-0.2, -0.15) is 0 Å². The Labute approximate surface area is 95.8 Å². The van der Waals surface area contributed by atoms with Gasteiger partial charge in [0.25, 0.3) is 0 Å². The Hall–Kier alpha value is -1.19. The molecule has 2 atom stereocenters. The van der Waals surface area contributed by atoms with E-state index in [1.54, 1.807) is 0 Å². The smallest absolute Gasteiger partial charge is 0.164 e. The second kappa shape index (κ2) is 5.23. The van der Waals surface area contributed by atoms with Crippen molar-refractivity contribution in [2.45, 2.75) is 25.4 Å². The molecule has 2 unspecified atom stereocenters. The van der Waals surface area contributed by atoms with Gasteiger partial charge in [0, 0.05) is 24.1 Å². The van der Waals surface area contributed by atoms with E-state index in [1.165, 1.54) is 0 Å². The highest BCUT2D eigenvalue weighted by atomic mass is 16.5. The highest BCUT2D eigenvalue weighted by molar-refractivity contribution is 5.96. The molecular formula is C13H17NO2. The Kier molecular flexibility index (Phi) is 3.70. The Balaban J connectivity index is 1.92. The SMILES string of the molecule is CC1COCC(CC(=O)c2ccccc2)N1. The maximum atomic E-state index is 11.9. The number of nitrogens with one attached hydrogen (secondary N) is 1. The second-order valence-corrected chi connectivity index (χ2v) is 4.30. The van der Waals surface area contributed by atoms with Crippen LogP contribution in [-0.4, -0.2) is 31.1 Å². The van der Waals surface area contributed by atoms with E-state index in [2.05, 4.69) is 12.2 Å². The molecule has 1 aliphatic rings. The van der Waals surface area contributed by atoms with Gasteiger partial charge < -0.3 is 10.1 Å². The summed E-state index contributed by atoms with van der Waals surface area (Å²) in [6.07, 6.45) is 0.508. The lowest BCUT2D eigenvalue weighted by molar-refractivity contribution is 0.0463. The van der Waals surface area contributed by atoms with Gasteiger partial charge in [-0.15, -0.1) is 0 Å². The van der Waals surface area contributed by atoms with Crippen LogP contribution < -0.4 is 5.32 Å². The number of carbonyl (C=O) groups is 1. The summed E-state index contributed by atoms with van der Waals surface area (Å²) in [5.74, 6) is 0.177. The third kappa shape index (κ3) is 2.90. The van der Waals surface area contributed by atoms with Crippen LogP contribution in [0, 0.1) is 0 Å². The molecule has 1 aliphatic heterocycles. The molecule has 1 saturated heterocycles. The van der Waals surface area contributed by atoms with Crippen molar-refractivity contribution in [2.24, 2.45) is 0 Å². The first-order chi connectivity index (χ1) is 7.75. The Morgan fingerprint density at radius 2 is 2.12 bits per heavy atom. The van der Waals surface area contributed by atoms with Gasteiger partial charge in [0.2, 0.25) is 0 Å². The second-order valence-electron chi connectivity index (χ2n) is 4.30. The largest absolute Gasteiger partial charge is 0.378 e. The molecular weight excluding hydrogens is 202 g/mol. The van der Waals surface area contributed by atoms with Crippen LogP contribution in [0.4, 0.5) is 0 Å². The van der Waals surface area contributed by atoms with Gasteiger partial charge in [0.05, 0.1) is 13.2 Å². The van der Waals surface area contributed by atoms with E-state index in [0.717, 1.165) is 12.2 Å². The fourth-order valence-corrected chi connectivity index (χ4v) is 1.97. The molecule has 2 rings (SSSR count). The summed E-state index contributed by atoms with van der Waals surface area (Å²) in [6, 6.07) is 9.89. The van der Waals surface area contributed by atoms with Crippen molar-refractivity contribution < 1.29 is 9.53 Å². The minimum absolute atomic E-state index is 0.149. The molecule has 0 radical (unpaired) electrons. The monoisotopic (exact) mass is 219 g/mol. The van der Waals surface area contributed by atoms with Gasteiger partial charge in [0.15, 0.2) is 5.78 Å². The average molecular weight is 219 g/mol. The number of hydrogen-bond acceptors (Lipinski definition) is 3. The van der Waals surface area contributed by atoms with Crippen LogP contribution in [0.5, 0.6) is 0 Å². The van der Waals surface area contributed by atoms with Gasteiger partial charge in [-0.1, -0.05) is 30.3 Å². The summed E-state index contributed by atoms with van der Waals surface area (Å²) in [4.78, 5) is 11.9. The molecule has 86 valence electrons. The van der Waals surface area contributed by atoms with E-state index in [1.807, 2.05) is 30.3 Å². The summed E-state index contributed by atoms with van der Waals surface area (Å²) in [7, 11) is 0. The lowest BCUT2D eigenvalue weighted by atomic mass is 10.0. The molecule has 1 aromatic carbocycles. The van der Waals surface area contributed by atoms with E-state index in [4.69, 9.17) is 4.74 Å². The number of hydrogen-bond donors (Lipinski definition) is 1. The predicted octanol–water partition coefficient (Wildman–Crippen LogP) is 1.64. The fraction of sp³-hybridized carbons (Fsp3) is 0.462. The normalized spacial score (nSPS) is 25.3. The maximum Gasteiger partial charge on any atom is 0.164 e. The molecule has 1 aromatic rings. The van der Waals surface area contributed by atoms with Crippen molar-refractivity contribution in [3.63, 3.8) is 0 Å². The molecule has 0 bridgehead atoms. The molecule has 1 fully saturated rings. The number of carbonyl (C=O) groups excluding carboxylic acids is 1. The molecule has 0 spiro atoms. The first-order valence-electron chi connectivity index (χ1n) is 5.68. The number of ether oxygens (including phenoxy) is 1. The van der Waals surface area contributed by atoms with Gasteiger partial charge in [-0.05, 0) is 6.92 Å². The van der Waals surface area contributed by atoms with Crippen molar-refractivity contribution in [1.29, 1.82) is 0 Å². The van der Waals surface area contributed by atoms with Crippen LogP contribution in [0.25, 0.3) is 0 Å². The molecule has 1 N–H and O–H groups in total. The molecule has 3 nitrogen and oxygen atoms in total. The molecule has 0 aliphatic carbocycles. The van der Waals surface area contributed by atoms with Crippen LogP contribution in [0.2, 0.25) is 0 Å². The molecule has 16 heavy (non-hydrogen) atoms. The minimum Gasteiger partial charge on any atom is -0.378 e. The molecule has 0 amide bonds. The van der Waals surface area contributed by atoms with Crippen LogP contribution in [0.3, 0.4) is 0 Å². The van der Waals surface area contributed by atoms with Crippen LogP contribution in [0.15, 0.2) is 30.3 Å². The third-order valence-corrected chi connectivity index (χ3v) is 2.73. The topological polar surface area (TPSA) is 38.3 Å². The van der Waals surface area contributed by atoms with Gasteiger partial charge in [-0.25, -0.2) is 0 Å². The average Bonchev–Trinajstić information content (AvgIpc) is 2.30. The van der Waals surface area contributed by atoms with Crippen LogP contribution in [-0.2, 0) is 4.74 Å². The Bertz CT molecular complexity index is 350. The van der Waals surface area contributed by atoms with Crippen LogP contribution in [0.1, 0.15) is 23.7 Å². The van der Waals surface area contributed by atoms with Gasteiger partial charge >= 0.3 is 0 Å². The minimum atomic E-state index is 0.149. The number of rotatable bonds is 3. The van der Waals surface area contributed by atoms with E-state index in [-0.39, 0.29) is 11.8 Å². The number of Topliss-reactive ketones (excluding diaryl/α,β-unsaturated/α-hetero) is 1. The van der Waals surface area contributed by atoms with E-state index in [9.17, 15) is 4.79 Å². The van der Waals surface area contributed by atoms with Crippen molar-refractivity contribution in [1.82, 2.24) is 5.32 Å². The highest BCUT2D eigenvalue weighted by Crippen LogP contribution is 2.09. The fourth-order valence-electron chi connectivity index (χ4n) is 1.97. The van der Waals surface area contributed by atoms with E-state index in [0.29, 0.717) is 19.1 Å². The summed E-state index contributed by atoms with van der Waals surface area (Å²) in [5, 5.41) is 3.37. The number of ketones is 1. The zero-order valence-corrected chi connectivity index (χ0v) is 9.48. The van der Waals surface area contributed by atoms with Crippen molar-refractivity contribution >= 4 is 5.78 Å². The lowest BCUT2D eigenvalue weighted by Crippen LogP contribution is -2.48.